The largest absolute Gasteiger partial charge is 0.488 e. The Kier molecular flexibility index (Phi) is 7.21. The topological polar surface area (TPSA) is 77.5 Å². The first-order valence-corrected chi connectivity index (χ1v) is 9.42. The first-order chi connectivity index (χ1) is 14.4. The third-order valence-electron chi connectivity index (χ3n) is 3.81. The molecule has 0 aliphatic rings. The van der Waals surface area contributed by atoms with Crippen LogP contribution in [0.1, 0.15) is 15.9 Å². The van der Waals surface area contributed by atoms with E-state index in [9.17, 15) is 14.0 Å². The fourth-order valence-electron chi connectivity index (χ4n) is 2.39. The summed E-state index contributed by atoms with van der Waals surface area (Å²) in [6.45, 7) is -0.419. The molecule has 9 heteroatoms. The first kappa shape index (κ1) is 21.5. The molecule has 1 N–H and O–H groups in total. The molecule has 1 aromatic heterocycles. The first-order valence-electron chi connectivity index (χ1n) is 8.66. The molecule has 0 spiro atoms. The Bertz CT molecular complexity index is 1060. The maximum Gasteiger partial charge on any atom is 0.342 e. The van der Waals surface area contributed by atoms with E-state index in [1.807, 2.05) is 0 Å². The third-order valence-corrected chi connectivity index (χ3v) is 4.31. The molecule has 0 unspecified atom stereocenters. The molecule has 0 atom stereocenters. The summed E-state index contributed by atoms with van der Waals surface area (Å²) in [6.07, 6.45) is 1.32. The van der Waals surface area contributed by atoms with Gasteiger partial charge >= 0.3 is 5.97 Å². The van der Waals surface area contributed by atoms with Crippen LogP contribution in [0, 0.1) is 5.82 Å². The summed E-state index contributed by atoms with van der Waals surface area (Å²) in [5.41, 5.74) is 0.876. The minimum atomic E-state index is -0.741. The van der Waals surface area contributed by atoms with E-state index in [2.05, 4.69) is 10.3 Å². The molecule has 3 aromatic rings. The monoisotopic (exact) mass is 448 g/mol. The molecule has 3 rings (SSSR count). The zero-order chi connectivity index (χ0) is 21.5. The molecule has 0 saturated heterocycles. The average Bonchev–Trinajstić information content (AvgIpc) is 2.74. The molecular weight excluding hydrogens is 434 g/mol. The van der Waals surface area contributed by atoms with Crippen LogP contribution in [0.25, 0.3) is 0 Å². The number of para-hydroxylation sites is 1. The molecule has 154 valence electrons. The highest BCUT2D eigenvalue weighted by molar-refractivity contribution is 6.36. The SMILES string of the molecule is O=C(COC(=O)c1ccccc1OCc1ccc(F)cc1)Nc1ncc(Cl)cc1Cl. The van der Waals surface area contributed by atoms with Gasteiger partial charge in [0.25, 0.3) is 5.91 Å². The van der Waals surface area contributed by atoms with E-state index in [-0.39, 0.29) is 34.6 Å². The van der Waals surface area contributed by atoms with Crippen molar-refractivity contribution in [2.45, 2.75) is 6.61 Å². The Morgan fingerprint density at radius 2 is 1.80 bits per heavy atom. The second-order valence-electron chi connectivity index (χ2n) is 6.02. The Balaban J connectivity index is 1.58. The summed E-state index contributed by atoms with van der Waals surface area (Å²) in [7, 11) is 0. The van der Waals surface area contributed by atoms with Crippen molar-refractivity contribution in [3.8, 4) is 5.75 Å². The lowest BCUT2D eigenvalue weighted by molar-refractivity contribution is -0.119. The van der Waals surface area contributed by atoms with Gasteiger partial charge in [0.2, 0.25) is 0 Å². The van der Waals surface area contributed by atoms with Gasteiger partial charge < -0.3 is 14.8 Å². The molecule has 0 aliphatic carbocycles. The van der Waals surface area contributed by atoms with Crippen LogP contribution in [-0.4, -0.2) is 23.5 Å². The summed E-state index contributed by atoms with van der Waals surface area (Å²) >= 11 is 11.7. The average molecular weight is 449 g/mol. The summed E-state index contributed by atoms with van der Waals surface area (Å²) < 4.78 is 23.7. The zero-order valence-electron chi connectivity index (χ0n) is 15.4. The number of nitrogens with zero attached hydrogens (tertiary/aromatic N) is 1. The van der Waals surface area contributed by atoms with Gasteiger partial charge in [0.05, 0.1) is 10.0 Å². The Hall–Kier alpha value is -3.16. The minimum absolute atomic E-state index is 0.102. The Morgan fingerprint density at radius 1 is 1.07 bits per heavy atom. The number of amides is 1. The Morgan fingerprint density at radius 3 is 2.53 bits per heavy atom. The Labute approximate surface area is 181 Å². The number of hydrogen-bond acceptors (Lipinski definition) is 5. The third kappa shape index (κ3) is 5.92. The lowest BCUT2D eigenvalue weighted by Crippen LogP contribution is -2.22. The molecule has 0 aliphatic heterocycles. The number of rotatable bonds is 7. The van der Waals surface area contributed by atoms with E-state index in [1.54, 1.807) is 30.3 Å². The highest BCUT2D eigenvalue weighted by atomic mass is 35.5. The number of nitrogens with one attached hydrogen (secondary N) is 1. The lowest BCUT2D eigenvalue weighted by atomic mass is 10.2. The highest BCUT2D eigenvalue weighted by Crippen LogP contribution is 2.23. The van der Waals surface area contributed by atoms with Crippen molar-refractivity contribution in [1.29, 1.82) is 0 Å². The second kappa shape index (κ2) is 10.0. The number of hydrogen-bond donors (Lipinski definition) is 1. The van der Waals surface area contributed by atoms with Gasteiger partial charge in [-0.25, -0.2) is 14.2 Å². The molecule has 0 bridgehead atoms. The van der Waals surface area contributed by atoms with Crippen molar-refractivity contribution in [3.63, 3.8) is 0 Å². The highest BCUT2D eigenvalue weighted by Gasteiger charge is 2.16. The van der Waals surface area contributed by atoms with Crippen LogP contribution < -0.4 is 10.1 Å². The van der Waals surface area contributed by atoms with E-state index in [4.69, 9.17) is 32.7 Å². The fraction of sp³-hybridized carbons (Fsp3) is 0.0952. The zero-order valence-corrected chi connectivity index (χ0v) is 16.9. The smallest absolute Gasteiger partial charge is 0.342 e. The van der Waals surface area contributed by atoms with E-state index in [0.717, 1.165) is 5.56 Å². The van der Waals surface area contributed by atoms with Gasteiger partial charge in [0.15, 0.2) is 12.4 Å². The molecule has 2 aromatic carbocycles. The number of pyridine rings is 1. The van der Waals surface area contributed by atoms with Gasteiger partial charge in [-0.2, -0.15) is 0 Å². The summed E-state index contributed by atoms with van der Waals surface area (Å²) in [5, 5.41) is 2.91. The van der Waals surface area contributed by atoms with Crippen LogP contribution in [0.5, 0.6) is 5.75 Å². The van der Waals surface area contributed by atoms with E-state index >= 15 is 0 Å². The molecule has 1 amide bonds. The van der Waals surface area contributed by atoms with Gasteiger partial charge in [0, 0.05) is 6.20 Å². The maximum atomic E-state index is 13.0. The van der Waals surface area contributed by atoms with Crippen molar-refractivity contribution in [3.05, 3.63) is 87.8 Å². The predicted molar refractivity (Wildman–Crippen MR) is 110 cm³/mol. The van der Waals surface area contributed by atoms with E-state index in [0.29, 0.717) is 5.02 Å². The van der Waals surface area contributed by atoms with Crippen molar-refractivity contribution in [2.75, 3.05) is 11.9 Å². The standard InChI is InChI=1S/C21H15Cl2FN2O4/c22-14-9-17(23)20(25-10-14)26-19(27)12-30-21(28)16-3-1-2-4-18(16)29-11-13-5-7-15(24)8-6-13/h1-10H,11-12H2,(H,25,26,27). The van der Waals surface area contributed by atoms with Gasteiger partial charge in [-0.3, -0.25) is 4.79 Å². The molecule has 0 fully saturated rings. The molecule has 0 saturated carbocycles. The summed E-state index contributed by atoms with van der Waals surface area (Å²) in [6, 6.07) is 13.7. The van der Waals surface area contributed by atoms with Crippen LogP contribution in [-0.2, 0) is 16.1 Å². The number of carbonyl (C=O) groups excluding carboxylic acids is 2. The second-order valence-corrected chi connectivity index (χ2v) is 6.86. The van der Waals surface area contributed by atoms with Crippen molar-refractivity contribution >= 4 is 40.9 Å². The maximum absolute atomic E-state index is 13.0. The van der Waals surface area contributed by atoms with Crippen LogP contribution >= 0.6 is 23.2 Å². The van der Waals surface area contributed by atoms with E-state index < -0.39 is 18.5 Å². The number of halogens is 3. The minimum Gasteiger partial charge on any atom is -0.488 e. The number of benzene rings is 2. The quantitative estimate of drug-likeness (QED) is 0.520. The number of esters is 1. The van der Waals surface area contributed by atoms with Crippen LogP contribution in [0.15, 0.2) is 60.8 Å². The lowest BCUT2D eigenvalue weighted by Gasteiger charge is -2.11. The molecule has 6 nitrogen and oxygen atoms in total. The summed E-state index contributed by atoms with van der Waals surface area (Å²) in [4.78, 5) is 28.3. The van der Waals surface area contributed by atoms with Gasteiger partial charge in [-0.15, -0.1) is 0 Å². The number of carbonyl (C=O) groups is 2. The molecular formula is C21H15Cl2FN2O4. The van der Waals surface area contributed by atoms with Crippen LogP contribution in [0.4, 0.5) is 10.2 Å². The normalized spacial score (nSPS) is 10.4. The fourth-order valence-corrected chi connectivity index (χ4v) is 2.81. The summed E-state index contributed by atoms with van der Waals surface area (Å²) in [5.74, 6) is -1.34. The van der Waals surface area contributed by atoms with Gasteiger partial charge in [-0.1, -0.05) is 47.5 Å². The van der Waals surface area contributed by atoms with Crippen molar-refractivity contribution < 1.29 is 23.5 Å². The van der Waals surface area contributed by atoms with Crippen LogP contribution in [0.2, 0.25) is 10.0 Å². The number of aromatic nitrogens is 1. The molecule has 1 heterocycles. The predicted octanol–water partition coefficient (Wildman–Crippen LogP) is 4.90. The number of ether oxygens (including phenoxy) is 2. The number of anilines is 1. The van der Waals surface area contributed by atoms with Crippen molar-refractivity contribution in [2.24, 2.45) is 0 Å². The van der Waals surface area contributed by atoms with Crippen molar-refractivity contribution in [1.82, 2.24) is 4.98 Å². The molecule has 0 radical (unpaired) electrons. The van der Waals surface area contributed by atoms with Gasteiger partial charge in [-0.05, 0) is 35.9 Å². The molecule has 30 heavy (non-hydrogen) atoms. The van der Waals surface area contributed by atoms with Gasteiger partial charge in [0.1, 0.15) is 23.7 Å². The van der Waals surface area contributed by atoms with Crippen LogP contribution in [0.3, 0.4) is 0 Å². The van der Waals surface area contributed by atoms with E-state index in [1.165, 1.54) is 30.5 Å².